The number of nitrogens with zero attached hydrogens (tertiary/aromatic N) is 1. The zero-order chi connectivity index (χ0) is 13.8. The Hall–Kier alpha value is -1.42. The molecule has 104 valence electrons. The van der Waals surface area contributed by atoms with E-state index >= 15 is 0 Å². The smallest absolute Gasteiger partial charge is 0.245 e. The van der Waals surface area contributed by atoms with Gasteiger partial charge in [0, 0.05) is 24.7 Å². The van der Waals surface area contributed by atoms with Crippen LogP contribution >= 0.6 is 11.6 Å². The molecule has 0 spiro atoms. The van der Waals surface area contributed by atoms with Crippen LogP contribution < -0.4 is 9.47 Å². The summed E-state index contributed by atoms with van der Waals surface area (Å²) in [7, 11) is 3.14. The van der Waals surface area contributed by atoms with Crippen molar-refractivity contribution in [3.05, 3.63) is 23.8 Å². The Morgan fingerprint density at radius 2 is 1.95 bits per heavy atom. The van der Waals surface area contributed by atoms with E-state index in [4.69, 9.17) is 21.1 Å². The zero-order valence-corrected chi connectivity index (χ0v) is 11.9. The average molecular weight is 284 g/mol. The van der Waals surface area contributed by atoms with Gasteiger partial charge >= 0.3 is 0 Å². The van der Waals surface area contributed by atoms with Crippen molar-refractivity contribution >= 4 is 17.5 Å². The van der Waals surface area contributed by atoms with Crippen LogP contribution in [0.15, 0.2) is 18.2 Å². The van der Waals surface area contributed by atoms with Crippen molar-refractivity contribution < 1.29 is 14.3 Å². The number of halogens is 1. The van der Waals surface area contributed by atoms with Crippen molar-refractivity contribution in [3.63, 3.8) is 0 Å². The van der Waals surface area contributed by atoms with Gasteiger partial charge in [-0.15, -0.1) is 11.6 Å². The molecule has 1 amide bonds. The summed E-state index contributed by atoms with van der Waals surface area (Å²) in [6.07, 6.45) is 2.10. The molecule has 0 N–H and O–H groups in total. The van der Waals surface area contributed by atoms with Gasteiger partial charge in [0.1, 0.15) is 16.9 Å². The van der Waals surface area contributed by atoms with Gasteiger partial charge in [0.05, 0.1) is 14.2 Å². The van der Waals surface area contributed by atoms with Crippen LogP contribution in [0.1, 0.15) is 23.8 Å². The number of hydrogen-bond acceptors (Lipinski definition) is 3. The van der Waals surface area contributed by atoms with E-state index in [0.29, 0.717) is 17.1 Å². The highest BCUT2D eigenvalue weighted by Crippen LogP contribution is 2.34. The highest BCUT2D eigenvalue weighted by atomic mass is 35.5. The molecule has 0 aromatic heterocycles. The molecule has 19 heavy (non-hydrogen) atoms. The van der Waals surface area contributed by atoms with E-state index in [2.05, 4.69) is 0 Å². The molecule has 1 unspecified atom stereocenters. The van der Waals surface area contributed by atoms with Crippen molar-refractivity contribution in [2.24, 2.45) is 0 Å². The molecule has 1 heterocycles. The second kappa shape index (κ2) is 6.15. The molecular formula is C14H18ClNO3. The number of carbonyl (C=O) groups excluding carboxylic acids is 1. The van der Waals surface area contributed by atoms with Gasteiger partial charge in [-0.05, 0) is 25.0 Å². The van der Waals surface area contributed by atoms with Crippen LogP contribution in [0.2, 0.25) is 0 Å². The van der Waals surface area contributed by atoms with Crippen LogP contribution in [0.5, 0.6) is 11.5 Å². The van der Waals surface area contributed by atoms with E-state index in [9.17, 15) is 4.79 Å². The van der Waals surface area contributed by atoms with Gasteiger partial charge in [-0.1, -0.05) is 0 Å². The van der Waals surface area contributed by atoms with Crippen LogP contribution in [-0.4, -0.2) is 38.1 Å². The standard InChI is InChI=1S/C14H18ClNO3/c1-18-10-5-6-11(12(9-10)19-2)13(15)14(17)16-7-3-4-8-16/h5-6,9,13H,3-4,7-8H2,1-2H3. The van der Waals surface area contributed by atoms with Gasteiger partial charge in [0.25, 0.3) is 0 Å². The first-order valence-corrected chi connectivity index (χ1v) is 6.75. The predicted octanol–water partition coefficient (Wildman–Crippen LogP) is 2.61. The number of amides is 1. The number of methoxy groups -OCH3 is 2. The van der Waals surface area contributed by atoms with Crippen molar-refractivity contribution in [1.82, 2.24) is 4.90 Å². The molecule has 0 radical (unpaired) electrons. The Morgan fingerprint density at radius 3 is 2.53 bits per heavy atom. The predicted molar refractivity (Wildman–Crippen MR) is 74.0 cm³/mol. The molecule has 1 atom stereocenters. The lowest BCUT2D eigenvalue weighted by Gasteiger charge is -2.20. The van der Waals surface area contributed by atoms with Crippen molar-refractivity contribution in [2.75, 3.05) is 27.3 Å². The molecule has 1 aromatic carbocycles. The minimum absolute atomic E-state index is 0.0531. The molecule has 2 rings (SSSR count). The van der Waals surface area contributed by atoms with E-state index in [1.807, 2.05) is 0 Å². The van der Waals surface area contributed by atoms with Gasteiger partial charge < -0.3 is 14.4 Å². The first-order valence-electron chi connectivity index (χ1n) is 6.32. The number of likely N-dealkylation sites (tertiary alicyclic amines) is 1. The Balaban J connectivity index is 2.22. The van der Waals surface area contributed by atoms with Crippen LogP contribution in [-0.2, 0) is 4.79 Å². The molecule has 1 aliphatic heterocycles. The monoisotopic (exact) mass is 283 g/mol. The average Bonchev–Trinajstić information content (AvgIpc) is 2.99. The molecule has 1 aromatic rings. The lowest BCUT2D eigenvalue weighted by Crippen LogP contribution is -2.30. The Bertz CT molecular complexity index is 458. The minimum Gasteiger partial charge on any atom is -0.497 e. The molecule has 1 aliphatic rings. The van der Waals surface area contributed by atoms with Crippen LogP contribution in [0.4, 0.5) is 0 Å². The van der Waals surface area contributed by atoms with Gasteiger partial charge in [-0.3, -0.25) is 4.79 Å². The largest absolute Gasteiger partial charge is 0.497 e. The summed E-state index contributed by atoms with van der Waals surface area (Å²) in [4.78, 5) is 14.1. The van der Waals surface area contributed by atoms with E-state index in [1.165, 1.54) is 0 Å². The molecule has 0 aliphatic carbocycles. The third-order valence-electron chi connectivity index (χ3n) is 3.35. The van der Waals surface area contributed by atoms with Gasteiger partial charge in [0.2, 0.25) is 5.91 Å². The van der Waals surface area contributed by atoms with Gasteiger partial charge in [0.15, 0.2) is 0 Å². The molecule has 1 fully saturated rings. The second-order valence-electron chi connectivity index (χ2n) is 4.50. The maximum absolute atomic E-state index is 12.3. The number of ether oxygens (including phenoxy) is 2. The molecule has 1 saturated heterocycles. The van der Waals surface area contributed by atoms with Crippen molar-refractivity contribution in [2.45, 2.75) is 18.2 Å². The number of carbonyl (C=O) groups is 1. The Labute approximate surface area is 118 Å². The summed E-state index contributed by atoms with van der Waals surface area (Å²) in [5.74, 6) is 1.20. The number of hydrogen-bond donors (Lipinski definition) is 0. The van der Waals surface area contributed by atoms with E-state index in [-0.39, 0.29) is 5.91 Å². The van der Waals surface area contributed by atoms with E-state index in [0.717, 1.165) is 25.9 Å². The third-order valence-corrected chi connectivity index (χ3v) is 3.77. The Kier molecular flexibility index (Phi) is 4.53. The lowest BCUT2D eigenvalue weighted by atomic mass is 10.1. The molecule has 4 nitrogen and oxygen atoms in total. The van der Waals surface area contributed by atoms with Gasteiger partial charge in [-0.25, -0.2) is 0 Å². The van der Waals surface area contributed by atoms with Crippen molar-refractivity contribution in [3.8, 4) is 11.5 Å². The fourth-order valence-electron chi connectivity index (χ4n) is 2.26. The summed E-state index contributed by atoms with van der Waals surface area (Å²) < 4.78 is 10.4. The topological polar surface area (TPSA) is 38.8 Å². The van der Waals surface area contributed by atoms with Gasteiger partial charge in [-0.2, -0.15) is 0 Å². The first kappa shape index (κ1) is 14.0. The van der Waals surface area contributed by atoms with Crippen LogP contribution in [0, 0.1) is 0 Å². The van der Waals surface area contributed by atoms with E-state index < -0.39 is 5.38 Å². The maximum Gasteiger partial charge on any atom is 0.245 e. The zero-order valence-electron chi connectivity index (χ0n) is 11.2. The van der Waals surface area contributed by atoms with Crippen molar-refractivity contribution in [1.29, 1.82) is 0 Å². The second-order valence-corrected chi connectivity index (χ2v) is 4.94. The fraction of sp³-hybridized carbons (Fsp3) is 0.500. The lowest BCUT2D eigenvalue weighted by molar-refractivity contribution is -0.129. The number of alkyl halides is 1. The minimum atomic E-state index is -0.709. The number of rotatable bonds is 4. The highest BCUT2D eigenvalue weighted by Gasteiger charge is 2.28. The normalized spacial score (nSPS) is 16.3. The molecular weight excluding hydrogens is 266 g/mol. The fourth-order valence-corrected chi connectivity index (χ4v) is 2.58. The third kappa shape index (κ3) is 2.95. The highest BCUT2D eigenvalue weighted by molar-refractivity contribution is 6.31. The Morgan fingerprint density at radius 1 is 1.26 bits per heavy atom. The SMILES string of the molecule is COc1ccc(C(Cl)C(=O)N2CCCC2)c(OC)c1. The summed E-state index contributed by atoms with van der Waals surface area (Å²) >= 11 is 6.30. The first-order chi connectivity index (χ1) is 9.17. The maximum atomic E-state index is 12.3. The summed E-state index contributed by atoms with van der Waals surface area (Å²) in [6, 6.07) is 5.30. The summed E-state index contributed by atoms with van der Waals surface area (Å²) in [5, 5.41) is -0.709. The molecule has 0 bridgehead atoms. The quantitative estimate of drug-likeness (QED) is 0.798. The summed E-state index contributed by atoms with van der Waals surface area (Å²) in [5.41, 5.74) is 0.682. The van der Waals surface area contributed by atoms with Crippen LogP contribution in [0.25, 0.3) is 0 Å². The van der Waals surface area contributed by atoms with Crippen LogP contribution in [0.3, 0.4) is 0 Å². The molecule has 5 heteroatoms. The number of benzene rings is 1. The summed E-state index contributed by atoms with van der Waals surface area (Å²) in [6.45, 7) is 1.58. The molecule has 0 saturated carbocycles. The van der Waals surface area contributed by atoms with E-state index in [1.54, 1.807) is 37.3 Å².